The lowest BCUT2D eigenvalue weighted by Crippen LogP contribution is -2.18. The highest BCUT2D eigenvalue weighted by molar-refractivity contribution is 5.83. The number of carboxylic acids is 1. The van der Waals surface area contributed by atoms with Gasteiger partial charge in [-0.3, -0.25) is 0 Å². The summed E-state index contributed by atoms with van der Waals surface area (Å²) >= 11 is 0. The van der Waals surface area contributed by atoms with Gasteiger partial charge in [-0.25, -0.2) is 0 Å². The van der Waals surface area contributed by atoms with Gasteiger partial charge in [0, 0.05) is 0 Å². The lowest BCUT2D eigenvalue weighted by Gasteiger charge is -2.09. The van der Waals surface area contributed by atoms with Crippen LogP contribution >= 0.6 is 0 Å². The number of carboxylic acid groups (broad SMARTS) is 1. The summed E-state index contributed by atoms with van der Waals surface area (Å²) in [5.74, 6) is -1.21. The maximum atomic E-state index is 10.2. The van der Waals surface area contributed by atoms with E-state index in [0.717, 1.165) is 30.0 Å². The molecule has 0 aliphatic rings. The molecule has 1 unspecified atom stereocenters. The number of benzene rings is 1. The number of aliphatic hydroxyl groups excluding tert-OH is 1. The van der Waals surface area contributed by atoms with Gasteiger partial charge in [0.15, 0.2) is 0 Å². The maximum absolute atomic E-state index is 10.2. The molecule has 0 radical (unpaired) electrons. The van der Waals surface area contributed by atoms with Crippen molar-refractivity contribution in [1.82, 2.24) is 0 Å². The Bertz CT molecular complexity index is 365. The second-order valence-corrected chi connectivity index (χ2v) is 3.62. The van der Waals surface area contributed by atoms with Crippen LogP contribution < -0.4 is 5.11 Å². The summed E-state index contributed by atoms with van der Waals surface area (Å²) in [6, 6.07) is 7.14. The fourth-order valence-corrected chi connectivity index (χ4v) is 1.43. The summed E-state index contributed by atoms with van der Waals surface area (Å²) in [6.07, 6.45) is 3.66. The molecule has 16 heavy (non-hydrogen) atoms. The van der Waals surface area contributed by atoms with E-state index in [-0.39, 0.29) is 0 Å². The fourth-order valence-electron chi connectivity index (χ4n) is 1.43. The molecule has 0 spiro atoms. The molecule has 1 rings (SSSR count). The number of aliphatic hydroxyl groups is 1. The van der Waals surface area contributed by atoms with Crippen molar-refractivity contribution in [2.24, 2.45) is 0 Å². The SMILES string of the molecule is CCCC(O)c1ccc(/C=C/C(=O)[O-])cc1. The standard InChI is InChI=1S/C13H16O3/c1-2-3-12(14)11-7-4-10(5-8-11)6-9-13(15)16/h4-9,12,14H,2-3H2,1H3,(H,15,16)/p-1/b9-6+. The second-order valence-electron chi connectivity index (χ2n) is 3.62. The minimum Gasteiger partial charge on any atom is -0.545 e. The van der Waals surface area contributed by atoms with Gasteiger partial charge in [0.1, 0.15) is 0 Å². The lowest BCUT2D eigenvalue weighted by atomic mass is 10.0. The molecule has 86 valence electrons. The smallest absolute Gasteiger partial charge is 0.0790 e. The molecule has 0 saturated heterocycles. The molecule has 1 N–H and O–H groups in total. The minimum absolute atomic E-state index is 0.441. The number of aliphatic carboxylic acids is 1. The van der Waals surface area contributed by atoms with E-state index in [1.807, 2.05) is 6.92 Å². The molecule has 1 atom stereocenters. The number of hydrogen-bond donors (Lipinski definition) is 1. The zero-order chi connectivity index (χ0) is 12.0. The van der Waals surface area contributed by atoms with E-state index < -0.39 is 12.1 Å². The van der Waals surface area contributed by atoms with E-state index in [2.05, 4.69) is 0 Å². The molecular formula is C13H15O3-. The summed E-state index contributed by atoms with van der Waals surface area (Å²) < 4.78 is 0. The summed E-state index contributed by atoms with van der Waals surface area (Å²) in [4.78, 5) is 10.2. The van der Waals surface area contributed by atoms with E-state index in [0.29, 0.717) is 0 Å². The quantitative estimate of drug-likeness (QED) is 0.759. The van der Waals surface area contributed by atoms with Crippen LogP contribution in [0, 0.1) is 0 Å². The summed E-state index contributed by atoms with van der Waals surface area (Å²) in [6.45, 7) is 2.01. The van der Waals surface area contributed by atoms with Crippen molar-refractivity contribution in [2.75, 3.05) is 0 Å². The third-order valence-corrected chi connectivity index (χ3v) is 2.30. The zero-order valence-electron chi connectivity index (χ0n) is 9.22. The largest absolute Gasteiger partial charge is 0.545 e. The van der Waals surface area contributed by atoms with Crippen LogP contribution in [0.15, 0.2) is 30.3 Å². The highest BCUT2D eigenvalue weighted by atomic mass is 16.4. The van der Waals surface area contributed by atoms with Gasteiger partial charge in [0.05, 0.1) is 12.1 Å². The highest BCUT2D eigenvalue weighted by Gasteiger charge is 2.04. The van der Waals surface area contributed by atoms with Gasteiger partial charge >= 0.3 is 0 Å². The van der Waals surface area contributed by atoms with Gasteiger partial charge in [-0.15, -0.1) is 0 Å². The van der Waals surface area contributed by atoms with Crippen LogP contribution in [0.3, 0.4) is 0 Å². The van der Waals surface area contributed by atoms with Gasteiger partial charge < -0.3 is 15.0 Å². The fraction of sp³-hybridized carbons (Fsp3) is 0.308. The molecule has 0 fully saturated rings. The minimum atomic E-state index is -1.21. The molecule has 0 heterocycles. The summed E-state index contributed by atoms with van der Waals surface area (Å²) in [5.41, 5.74) is 1.63. The van der Waals surface area contributed by atoms with E-state index in [1.165, 1.54) is 6.08 Å². The van der Waals surface area contributed by atoms with Gasteiger partial charge in [0.25, 0.3) is 0 Å². The van der Waals surface area contributed by atoms with Gasteiger partial charge in [-0.05, 0) is 23.6 Å². The predicted octanol–water partition coefficient (Wildman–Crippen LogP) is 1.28. The van der Waals surface area contributed by atoms with Crippen molar-refractivity contribution >= 4 is 12.0 Å². The van der Waals surface area contributed by atoms with Crippen molar-refractivity contribution in [3.63, 3.8) is 0 Å². The van der Waals surface area contributed by atoms with Crippen molar-refractivity contribution < 1.29 is 15.0 Å². The van der Waals surface area contributed by atoms with Gasteiger partial charge in [0.2, 0.25) is 0 Å². The van der Waals surface area contributed by atoms with E-state index in [4.69, 9.17) is 0 Å². The molecule has 0 aromatic heterocycles. The van der Waals surface area contributed by atoms with Crippen molar-refractivity contribution in [1.29, 1.82) is 0 Å². The van der Waals surface area contributed by atoms with Crippen LogP contribution in [-0.2, 0) is 4.79 Å². The third-order valence-electron chi connectivity index (χ3n) is 2.30. The first-order chi connectivity index (χ1) is 7.63. The summed E-state index contributed by atoms with van der Waals surface area (Å²) in [7, 11) is 0. The Morgan fingerprint density at radius 1 is 1.44 bits per heavy atom. The van der Waals surface area contributed by atoms with Crippen molar-refractivity contribution in [3.05, 3.63) is 41.5 Å². The Hall–Kier alpha value is -1.61. The molecular weight excluding hydrogens is 204 g/mol. The first-order valence-electron chi connectivity index (χ1n) is 5.30. The van der Waals surface area contributed by atoms with Gasteiger partial charge in [-0.1, -0.05) is 43.7 Å². The molecule has 3 nitrogen and oxygen atoms in total. The van der Waals surface area contributed by atoms with Crippen LogP contribution in [0.1, 0.15) is 37.0 Å². The monoisotopic (exact) mass is 219 g/mol. The Balaban J connectivity index is 2.71. The number of carbonyl (C=O) groups excluding carboxylic acids is 1. The molecule has 0 bridgehead atoms. The molecule has 1 aromatic rings. The Morgan fingerprint density at radius 3 is 2.56 bits per heavy atom. The number of hydrogen-bond acceptors (Lipinski definition) is 3. The van der Waals surface area contributed by atoms with Crippen molar-refractivity contribution in [3.8, 4) is 0 Å². The first-order valence-corrected chi connectivity index (χ1v) is 5.30. The third kappa shape index (κ3) is 3.87. The summed E-state index contributed by atoms with van der Waals surface area (Å²) in [5, 5.41) is 19.9. The normalized spacial score (nSPS) is 12.9. The molecule has 1 aromatic carbocycles. The van der Waals surface area contributed by atoms with Crippen LogP contribution in [0.5, 0.6) is 0 Å². The van der Waals surface area contributed by atoms with Gasteiger partial charge in [-0.2, -0.15) is 0 Å². The van der Waals surface area contributed by atoms with Crippen molar-refractivity contribution in [2.45, 2.75) is 25.9 Å². The van der Waals surface area contributed by atoms with Crippen LogP contribution in [-0.4, -0.2) is 11.1 Å². The number of rotatable bonds is 5. The molecule has 0 amide bonds. The van der Waals surface area contributed by atoms with E-state index >= 15 is 0 Å². The Kier molecular flexibility index (Phi) is 4.73. The number of carbonyl (C=O) groups is 1. The Morgan fingerprint density at radius 2 is 2.06 bits per heavy atom. The first kappa shape index (κ1) is 12.5. The lowest BCUT2D eigenvalue weighted by molar-refractivity contribution is -0.297. The van der Waals surface area contributed by atoms with Crippen LogP contribution in [0.2, 0.25) is 0 Å². The molecule has 0 saturated carbocycles. The van der Waals surface area contributed by atoms with E-state index in [9.17, 15) is 15.0 Å². The Labute approximate surface area is 95.0 Å². The maximum Gasteiger partial charge on any atom is 0.0790 e. The second kappa shape index (κ2) is 6.08. The van der Waals surface area contributed by atoms with E-state index in [1.54, 1.807) is 24.3 Å². The topological polar surface area (TPSA) is 60.4 Å². The highest BCUT2D eigenvalue weighted by Crippen LogP contribution is 2.18. The average Bonchev–Trinajstić information content (AvgIpc) is 2.27. The zero-order valence-corrected chi connectivity index (χ0v) is 9.22. The molecule has 0 aliphatic carbocycles. The predicted molar refractivity (Wildman–Crippen MR) is 60.4 cm³/mol. The molecule has 3 heteroatoms. The van der Waals surface area contributed by atoms with Crippen LogP contribution in [0.25, 0.3) is 6.08 Å². The molecule has 0 aliphatic heterocycles. The van der Waals surface area contributed by atoms with Crippen LogP contribution in [0.4, 0.5) is 0 Å². The average molecular weight is 219 g/mol.